The predicted octanol–water partition coefficient (Wildman–Crippen LogP) is 4.21. The maximum Gasteiger partial charge on any atom is 0.263 e. The lowest BCUT2D eigenvalue weighted by Gasteiger charge is -2.12. The zero-order valence-electron chi connectivity index (χ0n) is 16.5. The summed E-state index contributed by atoms with van der Waals surface area (Å²) in [6.07, 6.45) is -0.818. The number of amides is 1. The predicted molar refractivity (Wildman–Crippen MR) is 126 cm³/mol. The fourth-order valence-electron chi connectivity index (χ4n) is 2.98. The molecule has 4 rings (SSSR count). The Balaban J connectivity index is 1.46. The minimum atomic E-state index is -3.82. The number of hydrogen-bond acceptors (Lipinski definition) is 6. The van der Waals surface area contributed by atoms with E-state index in [0.717, 1.165) is 11.3 Å². The fourth-order valence-corrected chi connectivity index (χ4v) is 5.25. The number of aliphatic hydroxyl groups is 1. The minimum Gasteiger partial charge on any atom is -0.387 e. The molecule has 1 aromatic heterocycles. The molecular formula is C22H18ClN3O4S2. The minimum absolute atomic E-state index is 0.0652. The van der Waals surface area contributed by atoms with Crippen LogP contribution in [-0.2, 0) is 10.0 Å². The SMILES string of the molecule is O=C(NC[C@H](O)c1ccccc1)c1ccc2nc(NS(=O)(=O)c3ccc(Cl)cc3)sc2c1. The highest BCUT2D eigenvalue weighted by Crippen LogP contribution is 2.29. The molecule has 0 radical (unpaired) electrons. The summed E-state index contributed by atoms with van der Waals surface area (Å²) >= 11 is 6.93. The van der Waals surface area contributed by atoms with Gasteiger partial charge in [-0.05, 0) is 48.0 Å². The van der Waals surface area contributed by atoms with Crippen molar-refractivity contribution in [2.24, 2.45) is 0 Å². The van der Waals surface area contributed by atoms with E-state index >= 15 is 0 Å². The van der Waals surface area contributed by atoms with Crippen molar-refractivity contribution in [2.45, 2.75) is 11.0 Å². The third-order valence-corrected chi connectivity index (χ3v) is 7.31. The molecule has 32 heavy (non-hydrogen) atoms. The van der Waals surface area contributed by atoms with Crippen LogP contribution in [0.2, 0.25) is 5.02 Å². The lowest BCUT2D eigenvalue weighted by atomic mass is 10.1. The fraction of sp³-hybridized carbons (Fsp3) is 0.0909. The van der Waals surface area contributed by atoms with Crippen molar-refractivity contribution in [3.8, 4) is 0 Å². The number of hydrogen-bond donors (Lipinski definition) is 3. The molecule has 1 atom stereocenters. The number of anilines is 1. The highest BCUT2D eigenvalue weighted by Gasteiger charge is 2.17. The van der Waals surface area contributed by atoms with Crippen molar-refractivity contribution in [2.75, 3.05) is 11.3 Å². The molecule has 3 N–H and O–H groups in total. The van der Waals surface area contributed by atoms with Gasteiger partial charge in [0.25, 0.3) is 15.9 Å². The third kappa shape index (κ3) is 5.08. The molecule has 0 saturated heterocycles. The second-order valence-corrected chi connectivity index (χ2v) is 10.0. The largest absolute Gasteiger partial charge is 0.387 e. The van der Waals surface area contributed by atoms with Gasteiger partial charge in [-0.25, -0.2) is 13.4 Å². The van der Waals surface area contributed by atoms with Crippen molar-refractivity contribution >= 4 is 54.2 Å². The molecule has 7 nitrogen and oxygen atoms in total. The van der Waals surface area contributed by atoms with Gasteiger partial charge in [0.15, 0.2) is 5.13 Å². The molecule has 1 heterocycles. The number of aliphatic hydroxyl groups excluding tert-OH is 1. The van der Waals surface area contributed by atoms with E-state index in [9.17, 15) is 18.3 Å². The molecule has 1 amide bonds. The number of rotatable bonds is 7. The second-order valence-electron chi connectivity index (χ2n) is 6.90. The van der Waals surface area contributed by atoms with Crippen LogP contribution in [0.1, 0.15) is 22.0 Å². The number of thiazole rings is 1. The van der Waals surface area contributed by atoms with E-state index in [-0.39, 0.29) is 22.5 Å². The summed E-state index contributed by atoms with van der Waals surface area (Å²) < 4.78 is 28.2. The van der Waals surface area contributed by atoms with E-state index < -0.39 is 16.1 Å². The first kappa shape index (κ1) is 22.2. The number of sulfonamides is 1. The van der Waals surface area contributed by atoms with Gasteiger partial charge in [0, 0.05) is 17.1 Å². The van der Waals surface area contributed by atoms with Crippen LogP contribution in [0.3, 0.4) is 0 Å². The van der Waals surface area contributed by atoms with Crippen molar-refractivity contribution in [3.63, 3.8) is 0 Å². The molecule has 0 aliphatic carbocycles. The molecule has 4 aromatic rings. The maximum absolute atomic E-state index is 12.6. The van der Waals surface area contributed by atoms with Gasteiger partial charge < -0.3 is 10.4 Å². The van der Waals surface area contributed by atoms with Gasteiger partial charge >= 0.3 is 0 Å². The van der Waals surface area contributed by atoms with Crippen LogP contribution in [0.5, 0.6) is 0 Å². The quantitative estimate of drug-likeness (QED) is 0.362. The first-order chi connectivity index (χ1) is 15.3. The zero-order chi connectivity index (χ0) is 22.7. The van der Waals surface area contributed by atoms with Gasteiger partial charge in [0.1, 0.15) is 0 Å². The summed E-state index contributed by atoms with van der Waals surface area (Å²) in [6.45, 7) is 0.0652. The van der Waals surface area contributed by atoms with E-state index in [1.807, 2.05) is 18.2 Å². The molecule has 164 valence electrons. The van der Waals surface area contributed by atoms with Crippen molar-refractivity contribution in [3.05, 3.63) is 88.9 Å². The molecule has 0 fully saturated rings. The van der Waals surface area contributed by atoms with Gasteiger partial charge in [-0.3, -0.25) is 9.52 Å². The number of fused-ring (bicyclic) bond motifs is 1. The molecule has 0 spiro atoms. The molecule has 3 aromatic carbocycles. The van der Waals surface area contributed by atoms with Gasteiger partial charge in [-0.1, -0.05) is 53.3 Å². The highest BCUT2D eigenvalue weighted by molar-refractivity contribution is 7.93. The van der Waals surface area contributed by atoms with E-state index in [0.29, 0.717) is 26.4 Å². The monoisotopic (exact) mass is 487 g/mol. The summed E-state index contributed by atoms with van der Waals surface area (Å²) in [6, 6.07) is 19.7. The molecule has 0 aliphatic rings. The Kier molecular flexibility index (Phi) is 6.43. The Morgan fingerprint density at radius 3 is 2.50 bits per heavy atom. The van der Waals surface area contributed by atoms with Crippen LogP contribution < -0.4 is 10.0 Å². The molecule has 0 aliphatic heterocycles. The number of benzene rings is 3. The molecule has 10 heteroatoms. The van der Waals surface area contributed by atoms with Crippen molar-refractivity contribution in [1.82, 2.24) is 10.3 Å². The van der Waals surface area contributed by atoms with Crippen LogP contribution in [0.4, 0.5) is 5.13 Å². The van der Waals surface area contributed by atoms with E-state index in [4.69, 9.17) is 11.6 Å². The number of aromatic nitrogens is 1. The second kappa shape index (κ2) is 9.25. The Hall–Kier alpha value is -2.98. The van der Waals surface area contributed by atoms with Crippen molar-refractivity contribution in [1.29, 1.82) is 0 Å². The number of halogens is 1. The maximum atomic E-state index is 12.6. The normalized spacial score (nSPS) is 12.4. The van der Waals surface area contributed by atoms with Gasteiger partial charge in [0.2, 0.25) is 0 Å². The summed E-state index contributed by atoms with van der Waals surface area (Å²) in [4.78, 5) is 16.9. The first-order valence-electron chi connectivity index (χ1n) is 9.52. The van der Waals surface area contributed by atoms with E-state index in [2.05, 4.69) is 15.0 Å². The van der Waals surface area contributed by atoms with Gasteiger partial charge in [0.05, 0.1) is 21.2 Å². The molecule has 0 bridgehead atoms. The number of carbonyl (C=O) groups is 1. The van der Waals surface area contributed by atoms with Crippen LogP contribution in [0.25, 0.3) is 10.2 Å². The average Bonchev–Trinajstić information content (AvgIpc) is 3.18. The Bertz CT molecular complexity index is 1360. The number of nitrogens with zero attached hydrogens (tertiary/aromatic N) is 1. The molecule has 0 unspecified atom stereocenters. The third-order valence-electron chi connectivity index (χ3n) is 4.64. The van der Waals surface area contributed by atoms with Crippen LogP contribution in [-0.4, -0.2) is 31.0 Å². The number of carbonyl (C=O) groups excluding carboxylic acids is 1. The van der Waals surface area contributed by atoms with Crippen LogP contribution in [0, 0.1) is 0 Å². The Morgan fingerprint density at radius 1 is 1.06 bits per heavy atom. The highest BCUT2D eigenvalue weighted by atomic mass is 35.5. The van der Waals surface area contributed by atoms with Gasteiger partial charge in [-0.15, -0.1) is 0 Å². The zero-order valence-corrected chi connectivity index (χ0v) is 18.9. The van der Waals surface area contributed by atoms with E-state index in [1.165, 1.54) is 24.3 Å². The topological polar surface area (TPSA) is 108 Å². The lowest BCUT2D eigenvalue weighted by molar-refractivity contribution is 0.0916. The first-order valence-corrected chi connectivity index (χ1v) is 12.2. The lowest BCUT2D eigenvalue weighted by Crippen LogP contribution is -2.28. The van der Waals surface area contributed by atoms with E-state index in [1.54, 1.807) is 30.3 Å². The van der Waals surface area contributed by atoms with Crippen molar-refractivity contribution < 1.29 is 18.3 Å². The summed E-state index contributed by atoms with van der Waals surface area (Å²) in [7, 11) is -3.82. The summed E-state index contributed by atoms with van der Waals surface area (Å²) in [5.41, 5.74) is 1.65. The van der Waals surface area contributed by atoms with Crippen LogP contribution >= 0.6 is 22.9 Å². The Labute approximate surface area is 193 Å². The standard InChI is InChI=1S/C22H18ClN3O4S2/c23-16-7-9-17(10-8-16)32(29,30)26-22-25-18-11-6-15(12-20(18)31-22)21(28)24-13-19(27)14-4-2-1-3-5-14/h1-12,19,27H,13H2,(H,24,28)(H,25,26)/t19-/m0/s1. The molecule has 0 saturated carbocycles. The van der Waals surface area contributed by atoms with Gasteiger partial charge in [-0.2, -0.15) is 0 Å². The Morgan fingerprint density at radius 2 is 1.78 bits per heavy atom. The van der Waals surface area contributed by atoms with Crippen LogP contribution in [0.15, 0.2) is 77.7 Å². The average molecular weight is 488 g/mol. The molecular weight excluding hydrogens is 470 g/mol. The summed E-state index contributed by atoms with van der Waals surface area (Å²) in [5.74, 6) is -0.349. The number of nitrogens with one attached hydrogen (secondary N) is 2. The smallest absolute Gasteiger partial charge is 0.263 e. The summed E-state index contributed by atoms with van der Waals surface area (Å²) in [5, 5.41) is 13.5.